The molecule has 10 heteroatoms. The maximum absolute atomic E-state index is 12.3. The number of hydrazone groups is 1. The van der Waals surface area contributed by atoms with Crippen LogP contribution in [0.15, 0.2) is 47.7 Å². The largest absolute Gasteiger partial charge is 0.476 e. The molecule has 2 saturated heterocycles. The highest BCUT2D eigenvalue weighted by Crippen LogP contribution is 2.28. The summed E-state index contributed by atoms with van der Waals surface area (Å²) in [6.07, 6.45) is 1.78. The first kappa shape index (κ1) is 24.2. The summed E-state index contributed by atoms with van der Waals surface area (Å²) >= 11 is 0. The molecule has 2 fully saturated rings. The zero-order valence-corrected chi connectivity index (χ0v) is 20.6. The predicted molar refractivity (Wildman–Crippen MR) is 138 cm³/mol. The minimum Gasteiger partial charge on any atom is -0.476 e. The average Bonchev–Trinajstić information content (AvgIpc) is 3.30. The van der Waals surface area contributed by atoms with Crippen molar-refractivity contribution in [1.82, 2.24) is 14.5 Å². The van der Waals surface area contributed by atoms with E-state index in [1.165, 1.54) is 6.92 Å². The molecule has 2 N–H and O–H groups in total. The Balaban J connectivity index is 1.49. The third-order valence-corrected chi connectivity index (χ3v) is 6.60. The van der Waals surface area contributed by atoms with Gasteiger partial charge in [0.25, 0.3) is 0 Å². The summed E-state index contributed by atoms with van der Waals surface area (Å²) in [6, 6.07) is 11.6. The van der Waals surface area contributed by atoms with Gasteiger partial charge in [0.1, 0.15) is 12.3 Å². The van der Waals surface area contributed by atoms with Crippen molar-refractivity contribution in [2.24, 2.45) is 10.9 Å². The zero-order valence-electron chi connectivity index (χ0n) is 20.6. The van der Waals surface area contributed by atoms with E-state index in [2.05, 4.69) is 14.9 Å². The number of morpholine rings is 2. The van der Waals surface area contributed by atoms with E-state index in [4.69, 9.17) is 25.0 Å². The van der Waals surface area contributed by atoms with Crippen molar-refractivity contribution in [2.45, 2.75) is 6.92 Å². The molecule has 0 aliphatic carbocycles. The number of aromatic nitrogens is 2. The molecule has 0 radical (unpaired) electrons. The van der Waals surface area contributed by atoms with Crippen LogP contribution in [0.25, 0.3) is 10.9 Å². The van der Waals surface area contributed by atoms with E-state index in [9.17, 15) is 4.79 Å². The molecule has 0 bridgehead atoms. The van der Waals surface area contributed by atoms with Crippen molar-refractivity contribution in [2.75, 3.05) is 70.7 Å². The van der Waals surface area contributed by atoms with E-state index in [0.717, 1.165) is 68.1 Å². The van der Waals surface area contributed by atoms with Crippen LogP contribution in [0.4, 0.5) is 5.69 Å². The van der Waals surface area contributed by atoms with Gasteiger partial charge < -0.3 is 25.0 Å². The normalized spacial score (nSPS) is 17.5. The van der Waals surface area contributed by atoms with Gasteiger partial charge >= 0.3 is 0 Å². The molecule has 0 atom stereocenters. The van der Waals surface area contributed by atoms with E-state index in [0.29, 0.717) is 37.1 Å². The third-order valence-electron chi connectivity index (χ3n) is 6.60. The van der Waals surface area contributed by atoms with Crippen molar-refractivity contribution >= 4 is 28.2 Å². The van der Waals surface area contributed by atoms with Gasteiger partial charge in [-0.15, -0.1) is 0 Å². The Hall–Kier alpha value is -3.47. The van der Waals surface area contributed by atoms with E-state index >= 15 is 0 Å². The number of para-hydroxylation sites is 1. The minimum absolute atomic E-state index is 0.0871. The summed E-state index contributed by atoms with van der Waals surface area (Å²) in [6.45, 7) is 9.02. The molecule has 190 valence electrons. The first-order chi connectivity index (χ1) is 17.6. The second kappa shape index (κ2) is 11.1. The molecule has 3 aromatic rings. The monoisotopic (exact) mass is 492 g/mol. The lowest BCUT2D eigenvalue weighted by molar-refractivity contribution is 0.0320. The highest BCUT2D eigenvalue weighted by molar-refractivity contribution is 6.19. The number of anilines is 1. The summed E-state index contributed by atoms with van der Waals surface area (Å²) in [5.74, 6) is 6.38. The number of carbonyl (C=O) groups is 1. The lowest BCUT2D eigenvalue weighted by Gasteiger charge is -2.29. The number of benzene rings is 1. The van der Waals surface area contributed by atoms with Crippen LogP contribution in [0.3, 0.4) is 0 Å². The molecule has 0 unspecified atom stereocenters. The van der Waals surface area contributed by atoms with Crippen molar-refractivity contribution in [3.63, 3.8) is 0 Å². The van der Waals surface area contributed by atoms with Gasteiger partial charge in [0.2, 0.25) is 11.8 Å². The second-order valence-corrected chi connectivity index (χ2v) is 8.88. The van der Waals surface area contributed by atoms with Crippen molar-refractivity contribution in [1.29, 1.82) is 0 Å². The number of hydrogen-bond donors (Lipinski definition) is 1. The van der Waals surface area contributed by atoms with E-state index < -0.39 is 0 Å². The van der Waals surface area contributed by atoms with Crippen LogP contribution in [0, 0.1) is 0 Å². The Bertz CT molecular complexity index is 1240. The zero-order chi connectivity index (χ0) is 24.9. The van der Waals surface area contributed by atoms with Crippen molar-refractivity contribution in [3.8, 4) is 5.88 Å². The van der Waals surface area contributed by atoms with Crippen LogP contribution < -0.4 is 15.5 Å². The molecule has 0 amide bonds. The fourth-order valence-electron chi connectivity index (χ4n) is 4.70. The van der Waals surface area contributed by atoms with Gasteiger partial charge in [0.05, 0.1) is 37.6 Å². The third kappa shape index (κ3) is 5.20. The van der Waals surface area contributed by atoms with Gasteiger partial charge in [-0.1, -0.05) is 18.2 Å². The maximum Gasteiger partial charge on any atom is 0.227 e. The molecule has 10 nitrogen and oxygen atoms in total. The molecule has 0 saturated carbocycles. The number of rotatable bonds is 7. The van der Waals surface area contributed by atoms with Gasteiger partial charge in [-0.2, -0.15) is 5.10 Å². The predicted octanol–water partition coefficient (Wildman–Crippen LogP) is 1.96. The van der Waals surface area contributed by atoms with Gasteiger partial charge in [0.15, 0.2) is 0 Å². The quantitative estimate of drug-likeness (QED) is 0.303. The molecule has 2 aliphatic rings. The molecular formula is C26H32N6O4. The van der Waals surface area contributed by atoms with Crippen LogP contribution in [0.2, 0.25) is 0 Å². The molecule has 2 aliphatic heterocycles. The SMILES string of the molecule is CC(=O)n1cc(C(=NN)c2cc(N3CCOCC3)cc(OCCN3CCOCC3)n2)c2ccccc21. The van der Waals surface area contributed by atoms with Crippen molar-refractivity contribution < 1.29 is 19.0 Å². The minimum atomic E-state index is -0.0871. The number of ether oxygens (including phenoxy) is 3. The van der Waals surface area contributed by atoms with Crippen LogP contribution in [0.1, 0.15) is 23.0 Å². The Kier molecular flexibility index (Phi) is 7.45. The Morgan fingerprint density at radius 2 is 1.81 bits per heavy atom. The lowest BCUT2D eigenvalue weighted by atomic mass is 10.1. The molecule has 5 rings (SSSR count). The summed E-state index contributed by atoms with van der Waals surface area (Å²) in [5.41, 5.74) is 3.61. The highest BCUT2D eigenvalue weighted by Gasteiger charge is 2.21. The number of hydrogen-bond acceptors (Lipinski definition) is 9. The standard InChI is InChI=1S/C26H32N6O4/c1-19(33)32-18-22(21-4-2-3-5-24(21)32)26(29-27)23-16-20(31-9-13-35-14-10-31)17-25(28-23)36-15-8-30-6-11-34-12-7-30/h2-5,16-18H,6-15,27H2,1H3. The van der Waals surface area contributed by atoms with Gasteiger partial charge in [-0.05, 0) is 12.1 Å². The summed E-state index contributed by atoms with van der Waals surface area (Å²) < 4.78 is 18.7. The molecule has 0 spiro atoms. The highest BCUT2D eigenvalue weighted by atomic mass is 16.5. The van der Waals surface area contributed by atoms with Crippen LogP contribution >= 0.6 is 0 Å². The molecule has 1 aromatic carbocycles. The lowest BCUT2D eigenvalue weighted by Crippen LogP contribution is -2.38. The van der Waals surface area contributed by atoms with Crippen LogP contribution in [0.5, 0.6) is 5.88 Å². The first-order valence-corrected chi connectivity index (χ1v) is 12.3. The summed E-state index contributed by atoms with van der Waals surface area (Å²) in [4.78, 5) is 21.7. The van der Waals surface area contributed by atoms with E-state index in [1.807, 2.05) is 36.4 Å². The van der Waals surface area contributed by atoms with Gasteiger partial charge in [-0.3, -0.25) is 14.3 Å². The number of nitrogens with two attached hydrogens (primary N) is 1. The Labute approximate surface area is 210 Å². The van der Waals surface area contributed by atoms with Crippen LogP contribution in [-0.2, 0) is 9.47 Å². The number of carbonyl (C=O) groups excluding carboxylic acids is 1. The topological polar surface area (TPSA) is 107 Å². The Morgan fingerprint density at radius 3 is 2.53 bits per heavy atom. The van der Waals surface area contributed by atoms with Gasteiger partial charge in [0, 0.05) is 68.5 Å². The average molecular weight is 493 g/mol. The summed E-state index contributed by atoms with van der Waals surface area (Å²) in [5, 5.41) is 5.02. The number of fused-ring (bicyclic) bond motifs is 1. The molecule has 2 aromatic heterocycles. The van der Waals surface area contributed by atoms with E-state index in [1.54, 1.807) is 10.8 Å². The van der Waals surface area contributed by atoms with E-state index in [-0.39, 0.29) is 5.91 Å². The van der Waals surface area contributed by atoms with Gasteiger partial charge in [-0.25, -0.2) is 4.98 Å². The molecular weight excluding hydrogens is 460 g/mol. The van der Waals surface area contributed by atoms with Crippen molar-refractivity contribution in [3.05, 3.63) is 53.9 Å². The fraction of sp³-hybridized carbons (Fsp3) is 0.423. The second-order valence-electron chi connectivity index (χ2n) is 8.88. The Morgan fingerprint density at radius 1 is 1.08 bits per heavy atom. The number of nitrogens with zero attached hydrogens (tertiary/aromatic N) is 5. The molecule has 36 heavy (non-hydrogen) atoms. The fourth-order valence-corrected chi connectivity index (χ4v) is 4.70. The summed E-state index contributed by atoms with van der Waals surface area (Å²) in [7, 11) is 0. The first-order valence-electron chi connectivity index (χ1n) is 12.3. The molecule has 4 heterocycles. The number of pyridine rings is 1. The smallest absolute Gasteiger partial charge is 0.227 e. The van der Waals surface area contributed by atoms with Crippen LogP contribution in [-0.4, -0.2) is 91.8 Å². The maximum atomic E-state index is 12.3.